The molecule has 2 aliphatic carbocycles. The number of carboxylic acid groups (broad SMARTS) is 2. The molecule has 0 radical (unpaired) electrons. The van der Waals surface area contributed by atoms with Gasteiger partial charge in [0.1, 0.15) is 5.54 Å². The van der Waals surface area contributed by atoms with Crippen molar-refractivity contribution in [2.24, 2.45) is 17.6 Å². The normalized spacial score (nSPS) is 38.1. The summed E-state index contributed by atoms with van der Waals surface area (Å²) in [6, 6.07) is 0. The highest BCUT2D eigenvalue weighted by Crippen LogP contribution is 2.61. The van der Waals surface area contributed by atoms with Gasteiger partial charge in [0.15, 0.2) is 0 Å². The van der Waals surface area contributed by atoms with E-state index in [1.54, 1.807) is 0 Å². The Hall–Kier alpha value is -1.25. The quantitative estimate of drug-likeness (QED) is 0.522. The lowest BCUT2D eigenvalue weighted by atomic mass is 9.92. The molecule has 7 nitrogen and oxygen atoms in total. The predicted molar refractivity (Wildman–Crippen MR) is 49.7 cm³/mol. The van der Waals surface area contributed by atoms with Crippen LogP contribution in [-0.2, 0) is 20.7 Å². The minimum atomic E-state index is -2.61. The van der Waals surface area contributed by atoms with Crippen molar-refractivity contribution in [2.45, 2.75) is 12.0 Å². The number of rotatable bonds is 3. The van der Waals surface area contributed by atoms with E-state index in [-0.39, 0.29) is 16.9 Å². The molecule has 2 aliphatic rings. The molecule has 0 saturated heterocycles. The lowest BCUT2D eigenvalue weighted by molar-refractivity contribution is -0.145. The Morgan fingerprint density at radius 2 is 2.06 bits per heavy atom. The Morgan fingerprint density at radius 1 is 1.50 bits per heavy atom. The summed E-state index contributed by atoms with van der Waals surface area (Å²) in [5.41, 5.74) is 3.91. The highest BCUT2D eigenvalue weighted by Gasteiger charge is 2.68. The van der Waals surface area contributed by atoms with Gasteiger partial charge in [-0.05, 0) is 16.7 Å². The lowest BCUT2D eigenvalue weighted by Gasteiger charge is -2.23. The standard InChI is InChI=1S/C8H9NO6S/c9-8(7(12)13)1-2(16(14)15)3-4(5(3)8)6(10)11/h4-5H,1,9H2,(H,10,11)(H,12,13)(H,14,15)/p-1/t4-,5-,8+/m1/s1. The van der Waals surface area contributed by atoms with Crippen LogP contribution in [0.1, 0.15) is 6.42 Å². The zero-order valence-electron chi connectivity index (χ0n) is 7.87. The van der Waals surface area contributed by atoms with Crippen LogP contribution >= 0.6 is 0 Å². The van der Waals surface area contributed by atoms with E-state index in [9.17, 15) is 18.4 Å². The molecule has 0 aromatic heterocycles. The summed E-state index contributed by atoms with van der Waals surface area (Å²) >= 11 is -2.61. The molecule has 0 bridgehead atoms. The number of hydrogen-bond donors (Lipinski definition) is 3. The van der Waals surface area contributed by atoms with E-state index in [1.165, 1.54) is 0 Å². The van der Waals surface area contributed by atoms with E-state index >= 15 is 0 Å². The minimum absolute atomic E-state index is 0.144. The van der Waals surface area contributed by atoms with Crippen LogP contribution in [0.25, 0.3) is 0 Å². The minimum Gasteiger partial charge on any atom is -0.769 e. The van der Waals surface area contributed by atoms with Gasteiger partial charge >= 0.3 is 11.9 Å². The third-order valence-electron chi connectivity index (χ3n) is 3.09. The fraction of sp³-hybridized carbons (Fsp3) is 0.500. The van der Waals surface area contributed by atoms with Gasteiger partial charge in [0.05, 0.1) is 5.92 Å². The van der Waals surface area contributed by atoms with Crippen LogP contribution in [0.4, 0.5) is 0 Å². The smallest absolute Gasteiger partial charge is 0.324 e. The van der Waals surface area contributed by atoms with Crippen molar-refractivity contribution in [1.29, 1.82) is 0 Å². The fourth-order valence-electron chi connectivity index (χ4n) is 2.30. The van der Waals surface area contributed by atoms with E-state index in [0.717, 1.165) is 0 Å². The van der Waals surface area contributed by atoms with Crippen molar-refractivity contribution >= 4 is 23.0 Å². The Labute approximate surface area is 92.2 Å². The number of fused-ring (bicyclic) bond motifs is 1. The zero-order valence-corrected chi connectivity index (χ0v) is 8.69. The second-order valence-corrected chi connectivity index (χ2v) is 4.89. The molecule has 0 aromatic rings. The Kier molecular flexibility index (Phi) is 2.19. The number of carbonyl (C=O) groups is 2. The van der Waals surface area contributed by atoms with Gasteiger partial charge in [0.2, 0.25) is 0 Å². The molecule has 0 aliphatic heterocycles. The van der Waals surface area contributed by atoms with Crippen LogP contribution in [0.15, 0.2) is 10.5 Å². The average Bonchev–Trinajstić information content (AvgIpc) is 2.81. The van der Waals surface area contributed by atoms with Crippen molar-refractivity contribution in [1.82, 2.24) is 0 Å². The Balaban J connectivity index is 2.43. The molecule has 0 aromatic carbocycles. The van der Waals surface area contributed by atoms with Crippen LogP contribution in [0.3, 0.4) is 0 Å². The van der Waals surface area contributed by atoms with Crippen LogP contribution < -0.4 is 5.73 Å². The number of aliphatic carboxylic acids is 2. The highest BCUT2D eigenvalue weighted by atomic mass is 32.2. The molecule has 4 N–H and O–H groups in total. The first kappa shape index (κ1) is 11.2. The molecule has 1 fully saturated rings. The van der Waals surface area contributed by atoms with Gasteiger partial charge in [-0.25, -0.2) is 0 Å². The van der Waals surface area contributed by atoms with E-state index in [2.05, 4.69) is 0 Å². The van der Waals surface area contributed by atoms with Crippen LogP contribution in [0, 0.1) is 11.8 Å². The maximum Gasteiger partial charge on any atom is 0.324 e. The molecule has 0 amide bonds. The summed E-state index contributed by atoms with van der Waals surface area (Å²) in [4.78, 5) is 21.6. The first-order valence-corrected chi connectivity index (χ1v) is 5.45. The summed E-state index contributed by atoms with van der Waals surface area (Å²) < 4.78 is 21.6. The monoisotopic (exact) mass is 246 g/mol. The Bertz CT molecular complexity index is 457. The van der Waals surface area contributed by atoms with Gasteiger partial charge in [0, 0.05) is 17.2 Å². The molecular formula is C8H8NO6S-. The first-order valence-electron chi connectivity index (χ1n) is 4.38. The van der Waals surface area contributed by atoms with Gasteiger partial charge in [-0.15, -0.1) is 0 Å². The van der Waals surface area contributed by atoms with Crippen molar-refractivity contribution in [2.75, 3.05) is 0 Å². The molecule has 0 spiro atoms. The van der Waals surface area contributed by atoms with Crippen LogP contribution in [0.2, 0.25) is 0 Å². The summed E-state index contributed by atoms with van der Waals surface area (Å²) in [6.45, 7) is 0. The van der Waals surface area contributed by atoms with Crippen molar-refractivity contribution in [3.05, 3.63) is 10.5 Å². The summed E-state index contributed by atoms with van der Waals surface area (Å²) in [7, 11) is 0. The molecular weight excluding hydrogens is 238 g/mol. The van der Waals surface area contributed by atoms with Crippen molar-refractivity contribution in [3.8, 4) is 0 Å². The van der Waals surface area contributed by atoms with Crippen molar-refractivity contribution in [3.63, 3.8) is 0 Å². The van der Waals surface area contributed by atoms with Crippen molar-refractivity contribution < 1.29 is 28.6 Å². The third-order valence-corrected chi connectivity index (χ3v) is 3.87. The SMILES string of the molecule is N[C@@]1(C(=O)O)CC(S(=O)[O-])=C2[C@@H](C(=O)O)[C@@H]21. The topological polar surface area (TPSA) is 141 Å². The van der Waals surface area contributed by atoms with Crippen LogP contribution in [0.5, 0.6) is 0 Å². The Morgan fingerprint density at radius 3 is 2.44 bits per heavy atom. The maximum absolute atomic E-state index is 11.0. The molecule has 0 heterocycles. The molecule has 1 saturated carbocycles. The van der Waals surface area contributed by atoms with E-state index in [4.69, 9.17) is 15.9 Å². The van der Waals surface area contributed by atoms with Gasteiger partial charge in [-0.2, -0.15) is 0 Å². The molecule has 4 atom stereocenters. The first-order chi connectivity index (χ1) is 7.30. The second-order valence-electron chi connectivity index (χ2n) is 3.93. The highest BCUT2D eigenvalue weighted by molar-refractivity contribution is 7.83. The molecule has 8 heteroatoms. The third kappa shape index (κ3) is 1.24. The largest absolute Gasteiger partial charge is 0.769 e. The number of nitrogens with two attached hydrogens (primary N) is 1. The van der Waals surface area contributed by atoms with E-state index in [0.29, 0.717) is 0 Å². The average molecular weight is 246 g/mol. The second kappa shape index (κ2) is 3.12. The van der Waals surface area contributed by atoms with Gasteiger partial charge < -0.3 is 20.5 Å². The molecule has 1 unspecified atom stereocenters. The molecule has 2 rings (SSSR count). The van der Waals surface area contributed by atoms with Gasteiger partial charge in [-0.3, -0.25) is 13.8 Å². The van der Waals surface area contributed by atoms with E-state index < -0.39 is 40.4 Å². The summed E-state index contributed by atoms with van der Waals surface area (Å²) in [6.07, 6.45) is -0.331. The fourth-order valence-corrected chi connectivity index (χ4v) is 3.10. The zero-order chi connectivity index (χ0) is 12.2. The molecule has 88 valence electrons. The number of carboxylic acids is 2. The lowest BCUT2D eigenvalue weighted by Crippen LogP contribution is -2.50. The maximum atomic E-state index is 11.0. The summed E-state index contributed by atoms with van der Waals surface area (Å²) in [5.74, 6) is -4.57. The van der Waals surface area contributed by atoms with Gasteiger partial charge in [-0.1, -0.05) is 0 Å². The van der Waals surface area contributed by atoms with Crippen LogP contribution in [-0.4, -0.2) is 36.5 Å². The number of hydrogen-bond acceptors (Lipinski definition) is 5. The predicted octanol–water partition coefficient (Wildman–Crippen LogP) is -1.36. The van der Waals surface area contributed by atoms with E-state index in [1.807, 2.05) is 0 Å². The molecule has 16 heavy (non-hydrogen) atoms. The summed E-state index contributed by atoms with van der Waals surface area (Å²) in [5, 5.41) is 17.7. The van der Waals surface area contributed by atoms with Gasteiger partial charge in [0.25, 0.3) is 0 Å².